The molecular formula is C11H10N2. The molecule has 0 unspecified atom stereocenters. The number of benzene rings is 1. The first-order valence-corrected chi connectivity index (χ1v) is 4.15. The quantitative estimate of drug-likeness (QED) is 0.664. The van der Waals surface area contributed by atoms with Gasteiger partial charge in [0.05, 0.1) is 6.54 Å². The third-order valence-corrected chi connectivity index (χ3v) is 1.97. The van der Waals surface area contributed by atoms with E-state index in [2.05, 4.69) is 28.4 Å². The van der Waals surface area contributed by atoms with Crippen molar-refractivity contribution in [2.24, 2.45) is 0 Å². The third kappa shape index (κ3) is 1.36. The van der Waals surface area contributed by atoms with Crippen LogP contribution in [0.15, 0.2) is 30.5 Å². The summed E-state index contributed by atoms with van der Waals surface area (Å²) in [6, 6.07) is 8.15. The van der Waals surface area contributed by atoms with Crippen LogP contribution in [-0.2, 0) is 0 Å². The normalized spacial score (nSPS) is 9.77. The molecule has 2 N–H and O–H groups in total. The van der Waals surface area contributed by atoms with E-state index in [9.17, 15) is 0 Å². The number of H-pyrrole nitrogens is 1. The first-order chi connectivity index (χ1) is 6.42. The van der Waals surface area contributed by atoms with Gasteiger partial charge in [-0.15, -0.1) is 6.42 Å². The van der Waals surface area contributed by atoms with E-state index in [1.807, 2.05) is 18.3 Å². The average molecular weight is 170 g/mol. The Labute approximate surface area is 77.0 Å². The van der Waals surface area contributed by atoms with Crippen LogP contribution in [0.5, 0.6) is 0 Å². The highest BCUT2D eigenvalue weighted by atomic mass is 15.0. The molecule has 2 nitrogen and oxygen atoms in total. The van der Waals surface area contributed by atoms with Gasteiger partial charge in [-0.1, -0.05) is 30.2 Å². The van der Waals surface area contributed by atoms with Crippen LogP contribution in [0.3, 0.4) is 0 Å². The van der Waals surface area contributed by atoms with Crippen molar-refractivity contribution < 1.29 is 0 Å². The predicted octanol–water partition coefficient (Wildman–Crippen LogP) is 2.21. The number of hydrogen-bond acceptors (Lipinski definition) is 1. The number of aromatic nitrogens is 1. The molecule has 0 atom stereocenters. The topological polar surface area (TPSA) is 27.8 Å². The maximum atomic E-state index is 5.16. The zero-order chi connectivity index (χ0) is 9.10. The predicted molar refractivity (Wildman–Crippen MR) is 55.6 cm³/mol. The number of fused-ring (bicyclic) bond motifs is 1. The Hall–Kier alpha value is -1.88. The van der Waals surface area contributed by atoms with Crippen molar-refractivity contribution in [3.05, 3.63) is 30.5 Å². The Morgan fingerprint density at radius 3 is 3.08 bits per heavy atom. The van der Waals surface area contributed by atoms with Crippen LogP contribution in [0.1, 0.15) is 0 Å². The number of rotatable bonds is 2. The molecule has 0 saturated carbocycles. The summed E-state index contributed by atoms with van der Waals surface area (Å²) in [5.41, 5.74) is 0. The van der Waals surface area contributed by atoms with E-state index in [1.165, 1.54) is 10.8 Å². The molecule has 2 rings (SSSR count). The lowest BCUT2D eigenvalue weighted by Crippen LogP contribution is -1.98. The summed E-state index contributed by atoms with van der Waals surface area (Å²) in [5, 5.41) is 5.50. The van der Waals surface area contributed by atoms with Crippen molar-refractivity contribution in [2.45, 2.75) is 0 Å². The molecule has 0 aliphatic rings. The molecule has 0 aliphatic carbocycles. The van der Waals surface area contributed by atoms with Crippen LogP contribution in [0, 0.1) is 12.3 Å². The second-order valence-corrected chi connectivity index (χ2v) is 2.81. The van der Waals surface area contributed by atoms with Gasteiger partial charge in [0, 0.05) is 17.0 Å². The van der Waals surface area contributed by atoms with Crippen molar-refractivity contribution in [3.63, 3.8) is 0 Å². The molecule has 0 amide bonds. The monoisotopic (exact) mass is 170 g/mol. The molecule has 2 heteroatoms. The van der Waals surface area contributed by atoms with Gasteiger partial charge in [-0.25, -0.2) is 0 Å². The zero-order valence-electron chi connectivity index (χ0n) is 7.17. The zero-order valence-corrected chi connectivity index (χ0v) is 7.17. The van der Waals surface area contributed by atoms with Gasteiger partial charge in [-0.05, 0) is 0 Å². The van der Waals surface area contributed by atoms with Gasteiger partial charge in [-0.2, -0.15) is 0 Å². The smallest absolute Gasteiger partial charge is 0.112 e. The molecule has 0 radical (unpaired) electrons. The van der Waals surface area contributed by atoms with Crippen LogP contribution < -0.4 is 5.32 Å². The molecule has 1 aromatic carbocycles. The summed E-state index contributed by atoms with van der Waals surface area (Å²) in [5.74, 6) is 3.53. The summed E-state index contributed by atoms with van der Waals surface area (Å²) in [6.45, 7) is 0.546. The van der Waals surface area contributed by atoms with Crippen LogP contribution in [-0.4, -0.2) is 11.5 Å². The number of aromatic amines is 1. The molecular weight excluding hydrogens is 160 g/mol. The van der Waals surface area contributed by atoms with E-state index in [4.69, 9.17) is 6.42 Å². The maximum absolute atomic E-state index is 5.16. The molecule has 64 valence electrons. The van der Waals surface area contributed by atoms with Crippen LogP contribution in [0.4, 0.5) is 5.82 Å². The Morgan fingerprint density at radius 2 is 2.23 bits per heavy atom. The maximum Gasteiger partial charge on any atom is 0.112 e. The van der Waals surface area contributed by atoms with Gasteiger partial charge in [0.2, 0.25) is 0 Å². The fourth-order valence-electron chi connectivity index (χ4n) is 1.36. The van der Waals surface area contributed by atoms with E-state index >= 15 is 0 Å². The highest BCUT2D eigenvalue weighted by Crippen LogP contribution is 2.21. The fourth-order valence-corrected chi connectivity index (χ4v) is 1.36. The molecule has 13 heavy (non-hydrogen) atoms. The van der Waals surface area contributed by atoms with E-state index < -0.39 is 0 Å². The second-order valence-electron chi connectivity index (χ2n) is 2.81. The lowest BCUT2D eigenvalue weighted by atomic mass is 10.2. The molecule has 1 aromatic heterocycles. The number of nitrogens with one attached hydrogen (secondary N) is 2. The molecule has 0 aliphatic heterocycles. The number of terminal acetylenes is 1. The molecule has 0 fully saturated rings. The summed E-state index contributed by atoms with van der Waals surface area (Å²) < 4.78 is 0. The van der Waals surface area contributed by atoms with Crippen molar-refractivity contribution in [1.29, 1.82) is 0 Å². The van der Waals surface area contributed by atoms with E-state index in [-0.39, 0.29) is 0 Å². The van der Waals surface area contributed by atoms with E-state index in [0.29, 0.717) is 6.54 Å². The fraction of sp³-hybridized carbons (Fsp3) is 0.0909. The molecule has 0 saturated heterocycles. The molecule has 0 bridgehead atoms. The third-order valence-electron chi connectivity index (χ3n) is 1.97. The summed E-state index contributed by atoms with van der Waals surface area (Å²) in [6.07, 6.45) is 7.13. The van der Waals surface area contributed by atoms with Gasteiger partial charge < -0.3 is 10.3 Å². The Morgan fingerprint density at radius 1 is 1.38 bits per heavy atom. The van der Waals surface area contributed by atoms with E-state index in [0.717, 1.165) is 5.82 Å². The molecule has 1 heterocycles. The standard InChI is InChI=1S/C11H10N2/c1-2-7-12-11-10-6-4-3-5-9(10)8-13-11/h1,3-6,8,12-13H,7H2. The summed E-state index contributed by atoms with van der Waals surface area (Å²) in [7, 11) is 0. The minimum atomic E-state index is 0.546. The summed E-state index contributed by atoms with van der Waals surface area (Å²) in [4.78, 5) is 3.14. The van der Waals surface area contributed by atoms with Gasteiger partial charge in [0.15, 0.2) is 0 Å². The van der Waals surface area contributed by atoms with Gasteiger partial charge in [0.25, 0.3) is 0 Å². The first-order valence-electron chi connectivity index (χ1n) is 4.15. The highest BCUT2D eigenvalue weighted by Gasteiger charge is 1.99. The van der Waals surface area contributed by atoms with Crippen molar-refractivity contribution in [1.82, 2.24) is 4.98 Å². The number of hydrogen-bond donors (Lipinski definition) is 2. The van der Waals surface area contributed by atoms with Crippen molar-refractivity contribution >= 4 is 16.6 Å². The lowest BCUT2D eigenvalue weighted by molar-refractivity contribution is 1.30. The van der Waals surface area contributed by atoms with Crippen LogP contribution in [0.25, 0.3) is 10.8 Å². The SMILES string of the molecule is C#CCNc1[nH]cc2ccccc12. The average Bonchev–Trinajstić information content (AvgIpc) is 2.58. The van der Waals surface area contributed by atoms with Crippen LogP contribution in [0.2, 0.25) is 0 Å². The number of anilines is 1. The van der Waals surface area contributed by atoms with E-state index in [1.54, 1.807) is 0 Å². The second kappa shape index (κ2) is 3.24. The van der Waals surface area contributed by atoms with Gasteiger partial charge >= 0.3 is 0 Å². The minimum Gasteiger partial charge on any atom is -0.360 e. The largest absolute Gasteiger partial charge is 0.360 e. The molecule has 0 spiro atoms. The molecule has 2 aromatic rings. The Bertz CT molecular complexity index is 448. The lowest BCUT2D eigenvalue weighted by Gasteiger charge is -1.98. The van der Waals surface area contributed by atoms with Gasteiger partial charge in [-0.3, -0.25) is 0 Å². The first kappa shape index (κ1) is 7.75. The van der Waals surface area contributed by atoms with Crippen molar-refractivity contribution in [2.75, 3.05) is 11.9 Å². The Kier molecular flexibility index (Phi) is 1.93. The summed E-state index contributed by atoms with van der Waals surface area (Å²) >= 11 is 0. The Balaban J connectivity index is 2.41. The van der Waals surface area contributed by atoms with Gasteiger partial charge in [0.1, 0.15) is 5.82 Å². The minimum absolute atomic E-state index is 0.546. The van der Waals surface area contributed by atoms with Crippen molar-refractivity contribution in [3.8, 4) is 12.3 Å². The highest BCUT2D eigenvalue weighted by molar-refractivity contribution is 5.92. The van der Waals surface area contributed by atoms with Crippen LogP contribution >= 0.6 is 0 Å².